The molecule has 5 nitrogen and oxygen atoms in total. The van der Waals surface area contributed by atoms with E-state index >= 15 is 0 Å². The molecule has 2 aliphatic carbocycles. The molecule has 0 atom stereocenters. The Morgan fingerprint density at radius 1 is 0.886 bits per heavy atom. The molecule has 182 valence electrons. The van der Waals surface area contributed by atoms with E-state index in [9.17, 15) is 9.59 Å². The summed E-state index contributed by atoms with van der Waals surface area (Å²) in [6.45, 7) is 0.251. The second-order valence-corrected chi connectivity index (χ2v) is 10.0. The molecule has 1 heterocycles. The highest BCUT2D eigenvalue weighted by Crippen LogP contribution is 2.49. The van der Waals surface area contributed by atoms with Gasteiger partial charge in [-0.1, -0.05) is 35.3 Å². The lowest BCUT2D eigenvalue weighted by Crippen LogP contribution is -2.37. The molecule has 0 N–H and O–H groups in total. The molecule has 0 spiro atoms. The monoisotopic (exact) mass is 511 g/mol. The summed E-state index contributed by atoms with van der Waals surface area (Å²) in [5, 5.41) is 1.10. The highest BCUT2D eigenvalue weighted by molar-refractivity contribution is 6.35. The van der Waals surface area contributed by atoms with E-state index in [1.165, 1.54) is 0 Å². The predicted octanol–water partition coefficient (Wildman–Crippen LogP) is 6.62. The van der Waals surface area contributed by atoms with Crippen molar-refractivity contribution in [1.29, 1.82) is 0 Å². The van der Waals surface area contributed by atoms with Crippen molar-refractivity contribution < 1.29 is 19.1 Å². The largest absolute Gasteiger partial charge is 0.493 e. The first kappa shape index (κ1) is 24.0. The number of methoxy groups -OCH3 is 1. The second kappa shape index (κ2) is 9.71. The van der Waals surface area contributed by atoms with Gasteiger partial charge in [0.1, 0.15) is 6.61 Å². The highest BCUT2D eigenvalue weighted by atomic mass is 35.5. The normalized spacial score (nSPS) is 18.6. The Bertz CT molecular complexity index is 1240. The topological polar surface area (TPSA) is 55.8 Å². The van der Waals surface area contributed by atoms with Gasteiger partial charge in [0.15, 0.2) is 23.1 Å². The van der Waals surface area contributed by atoms with Gasteiger partial charge in [-0.05, 0) is 55.5 Å². The van der Waals surface area contributed by atoms with Gasteiger partial charge in [-0.3, -0.25) is 9.59 Å². The number of hydrogen-bond acceptors (Lipinski definition) is 5. The van der Waals surface area contributed by atoms with E-state index in [0.717, 1.165) is 59.4 Å². The van der Waals surface area contributed by atoms with Crippen LogP contribution < -0.4 is 9.47 Å². The zero-order chi connectivity index (χ0) is 24.7. The van der Waals surface area contributed by atoms with E-state index in [4.69, 9.17) is 32.7 Å². The number of carbonyl (C=O) groups is 2. The number of hydrogen-bond donors (Lipinski definition) is 0. The van der Waals surface area contributed by atoms with Crippen molar-refractivity contribution in [1.82, 2.24) is 4.90 Å². The maximum atomic E-state index is 13.2. The van der Waals surface area contributed by atoms with Crippen LogP contribution in [0.15, 0.2) is 58.9 Å². The Labute approximate surface area is 215 Å². The Hall–Kier alpha value is -2.76. The molecule has 0 unspecified atom stereocenters. The number of carbonyl (C=O) groups excluding carboxylic acids is 2. The molecule has 0 bridgehead atoms. The molecule has 0 amide bonds. The van der Waals surface area contributed by atoms with E-state index in [1.807, 2.05) is 31.3 Å². The number of allylic oxidation sites excluding steroid dienone is 4. The lowest BCUT2D eigenvalue weighted by molar-refractivity contribution is -0.117. The lowest BCUT2D eigenvalue weighted by atomic mass is 9.71. The van der Waals surface area contributed by atoms with Gasteiger partial charge < -0.3 is 14.4 Å². The molecule has 2 aromatic carbocycles. The summed E-state index contributed by atoms with van der Waals surface area (Å²) in [6.07, 6.45) is 4.40. The fraction of sp³-hybridized carbons (Fsp3) is 0.357. The van der Waals surface area contributed by atoms with Crippen LogP contribution in [0.25, 0.3) is 0 Å². The van der Waals surface area contributed by atoms with Gasteiger partial charge in [0.2, 0.25) is 0 Å². The van der Waals surface area contributed by atoms with Gasteiger partial charge in [0.05, 0.1) is 7.11 Å². The first-order valence-corrected chi connectivity index (χ1v) is 12.7. The summed E-state index contributed by atoms with van der Waals surface area (Å²) in [5.74, 6) is 0.991. The predicted molar refractivity (Wildman–Crippen MR) is 136 cm³/mol. The fourth-order valence-electron chi connectivity index (χ4n) is 5.46. The van der Waals surface area contributed by atoms with Crippen molar-refractivity contribution in [3.8, 4) is 11.5 Å². The van der Waals surface area contributed by atoms with E-state index in [0.29, 0.717) is 34.4 Å². The van der Waals surface area contributed by atoms with Gasteiger partial charge in [-0.2, -0.15) is 0 Å². The highest BCUT2D eigenvalue weighted by Gasteiger charge is 2.42. The molecule has 2 aromatic rings. The molecule has 3 aliphatic rings. The molecule has 0 aromatic heterocycles. The first-order chi connectivity index (χ1) is 16.9. The van der Waals surface area contributed by atoms with Crippen LogP contribution in [0.5, 0.6) is 11.5 Å². The summed E-state index contributed by atoms with van der Waals surface area (Å²) in [5.41, 5.74) is 5.31. The average molecular weight is 512 g/mol. The Morgan fingerprint density at radius 3 is 2.14 bits per heavy atom. The van der Waals surface area contributed by atoms with E-state index in [2.05, 4.69) is 4.90 Å². The van der Waals surface area contributed by atoms with Crippen LogP contribution in [0.1, 0.15) is 55.6 Å². The number of benzene rings is 2. The number of Topliss-reactive ketones (excluding diaryl/α,β-unsaturated/α-hetero) is 2. The molecule has 0 saturated heterocycles. The summed E-state index contributed by atoms with van der Waals surface area (Å²) < 4.78 is 11.7. The maximum absolute atomic E-state index is 13.2. The van der Waals surface area contributed by atoms with Gasteiger partial charge in [0, 0.05) is 64.0 Å². The van der Waals surface area contributed by atoms with Gasteiger partial charge >= 0.3 is 0 Å². The molecule has 0 radical (unpaired) electrons. The minimum absolute atomic E-state index is 0.129. The number of ether oxygens (including phenoxy) is 2. The number of ketones is 2. The van der Waals surface area contributed by atoms with Crippen LogP contribution in [-0.4, -0.2) is 30.6 Å². The fourth-order valence-corrected chi connectivity index (χ4v) is 5.93. The van der Waals surface area contributed by atoms with Crippen molar-refractivity contribution in [2.75, 3.05) is 14.2 Å². The summed E-state index contributed by atoms with van der Waals surface area (Å²) in [4.78, 5) is 28.5. The van der Waals surface area contributed by atoms with Crippen LogP contribution in [0.3, 0.4) is 0 Å². The Kier molecular flexibility index (Phi) is 6.65. The maximum Gasteiger partial charge on any atom is 0.161 e. The first-order valence-electron chi connectivity index (χ1n) is 11.9. The smallest absolute Gasteiger partial charge is 0.161 e. The molecule has 1 aliphatic heterocycles. The second-order valence-electron chi connectivity index (χ2n) is 9.20. The average Bonchev–Trinajstić information content (AvgIpc) is 2.85. The molecule has 7 heteroatoms. The summed E-state index contributed by atoms with van der Waals surface area (Å²) in [6, 6.07) is 11.0. The molecule has 35 heavy (non-hydrogen) atoms. The third-order valence-corrected chi connectivity index (χ3v) is 7.75. The zero-order valence-corrected chi connectivity index (χ0v) is 21.3. The van der Waals surface area contributed by atoms with Crippen LogP contribution in [0, 0.1) is 0 Å². The molecular formula is C28H27Cl2NO4. The van der Waals surface area contributed by atoms with E-state index in [-0.39, 0.29) is 24.1 Å². The van der Waals surface area contributed by atoms with Crippen molar-refractivity contribution >= 4 is 34.8 Å². The number of halogens is 2. The van der Waals surface area contributed by atoms with Gasteiger partial charge in [-0.15, -0.1) is 0 Å². The Balaban J connectivity index is 1.53. The van der Waals surface area contributed by atoms with Crippen molar-refractivity contribution in [3.05, 3.63) is 80.1 Å². The summed E-state index contributed by atoms with van der Waals surface area (Å²) >= 11 is 12.3. The minimum atomic E-state index is -0.370. The lowest BCUT2D eigenvalue weighted by Gasteiger charge is -2.42. The number of rotatable bonds is 5. The quantitative estimate of drug-likeness (QED) is 0.451. The van der Waals surface area contributed by atoms with Gasteiger partial charge in [0.25, 0.3) is 0 Å². The molecular weight excluding hydrogens is 485 g/mol. The van der Waals surface area contributed by atoms with Crippen molar-refractivity contribution in [2.24, 2.45) is 0 Å². The van der Waals surface area contributed by atoms with Crippen LogP contribution >= 0.6 is 23.2 Å². The Morgan fingerprint density at radius 2 is 1.54 bits per heavy atom. The third-order valence-electron chi connectivity index (χ3n) is 7.16. The standard InChI is InChI=1S/C28H27Cl2NO4/c1-31-20-5-3-7-22(32)27(20)26(28-21(31)6-4-8-23(28)33)16-10-12-24(25(13-16)34-2)35-15-17-9-11-18(29)14-19(17)30/h9-14,26H,3-8,15H2,1-2H3. The zero-order valence-electron chi connectivity index (χ0n) is 19.8. The van der Waals surface area contributed by atoms with Crippen molar-refractivity contribution in [2.45, 2.75) is 51.0 Å². The van der Waals surface area contributed by atoms with Crippen LogP contribution in [0.2, 0.25) is 10.0 Å². The minimum Gasteiger partial charge on any atom is -0.493 e. The SMILES string of the molecule is COc1cc(C2C3=C(CCCC3=O)N(C)C3=C2C(=O)CCC3)ccc1OCc1ccc(Cl)cc1Cl. The summed E-state index contributed by atoms with van der Waals surface area (Å²) in [7, 11) is 3.58. The molecule has 0 saturated carbocycles. The molecule has 5 rings (SSSR count). The van der Waals surface area contributed by atoms with Crippen molar-refractivity contribution in [3.63, 3.8) is 0 Å². The van der Waals surface area contributed by atoms with Crippen LogP contribution in [0.4, 0.5) is 0 Å². The third kappa shape index (κ3) is 4.36. The van der Waals surface area contributed by atoms with Crippen LogP contribution in [-0.2, 0) is 16.2 Å². The van der Waals surface area contributed by atoms with E-state index < -0.39 is 0 Å². The van der Waals surface area contributed by atoms with Gasteiger partial charge in [-0.25, -0.2) is 0 Å². The molecule has 0 fully saturated rings. The van der Waals surface area contributed by atoms with E-state index in [1.54, 1.807) is 19.2 Å². The number of nitrogens with zero attached hydrogens (tertiary/aromatic N) is 1.